The summed E-state index contributed by atoms with van der Waals surface area (Å²) in [5.74, 6) is -15.6. The number of halogens is 6. The Labute approximate surface area is 186 Å². The van der Waals surface area contributed by atoms with Crippen molar-refractivity contribution in [2.45, 2.75) is 31.6 Å². The van der Waals surface area contributed by atoms with Crippen molar-refractivity contribution in [1.82, 2.24) is 4.98 Å². The van der Waals surface area contributed by atoms with Gasteiger partial charge in [0, 0.05) is 26.2 Å². The number of nitrogens with zero attached hydrogens (tertiary/aromatic N) is 1. The van der Waals surface area contributed by atoms with Gasteiger partial charge in [-0.3, -0.25) is 9.78 Å². The molecule has 0 atom stereocenters. The molecule has 1 radical (unpaired) electrons. The molecule has 0 spiro atoms. The molecule has 0 saturated carbocycles. The number of fused-ring (bicyclic) bond motifs is 4. The van der Waals surface area contributed by atoms with E-state index in [0.717, 1.165) is 0 Å². The number of aromatic nitrogens is 1. The Bertz CT molecular complexity index is 1190. The van der Waals surface area contributed by atoms with Crippen molar-refractivity contribution >= 4 is 27.5 Å². The number of ketones is 1. The quantitative estimate of drug-likeness (QED) is 0.119. The molecule has 31 heavy (non-hydrogen) atoms. The number of hydrogen-bond acceptors (Lipinski definition) is 3. The molecule has 0 unspecified atom stereocenters. The summed E-state index contributed by atoms with van der Waals surface area (Å²) < 4.78 is 82.2. The van der Waals surface area contributed by atoms with Crippen LogP contribution in [-0.2, 0) is 36.7 Å². The summed E-state index contributed by atoms with van der Waals surface area (Å²) in [5, 5.41) is 9.34. The number of alkyl halides is 6. The zero-order valence-electron chi connectivity index (χ0n) is 15.9. The van der Waals surface area contributed by atoms with Gasteiger partial charge in [0.1, 0.15) is 5.69 Å². The third-order valence-corrected chi connectivity index (χ3v) is 4.46. The molecular formula is C21H14F6IrNO2-. The normalized spacial score (nSPS) is 18.0. The number of hydrogen-bond donors (Lipinski definition) is 1. The summed E-state index contributed by atoms with van der Waals surface area (Å²) in [5.41, 5.74) is -3.07. The van der Waals surface area contributed by atoms with Crippen LogP contribution < -0.4 is 0 Å². The van der Waals surface area contributed by atoms with Crippen molar-refractivity contribution in [2.24, 2.45) is 0 Å². The molecule has 0 amide bonds. The monoisotopic (exact) mass is 619 g/mol. The van der Waals surface area contributed by atoms with E-state index in [1.54, 1.807) is 18.2 Å². The Hall–Kier alpha value is -2.45. The predicted octanol–water partition coefficient (Wildman–Crippen LogP) is 6.06. The van der Waals surface area contributed by atoms with Gasteiger partial charge in [-0.15, -0.1) is 35.0 Å². The Balaban J connectivity index is 0.000000373. The molecule has 4 rings (SSSR count). The number of allylic oxidation sites excluding steroid dienone is 2. The number of aliphatic hydroxyl groups is 1. The molecule has 1 N–H and O–H groups in total. The smallest absolute Gasteiger partial charge is 0.382 e. The van der Waals surface area contributed by atoms with Gasteiger partial charge in [-0.05, 0) is 24.8 Å². The van der Waals surface area contributed by atoms with E-state index < -0.39 is 29.0 Å². The van der Waals surface area contributed by atoms with Gasteiger partial charge in [0.15, 0.2) is 5.78 Å². The third-order valence-electron chi connectivity index (χ3n) is 4.46. The van der Waals surface area contributed by atoms with E-state index in [-0.39, 0.29) is 42.6 Å². The van der Waals surface area contributed by atoms with Gasteiger partial charge >= 0.3 is 17.8 Å². The number of pyridine rings is 1. The van der Waals surface area contributed by atoms with E-state index in [4.69, 9.17) is 5.11 Å². The SMILES string of the molecule is CC(=O)C=C(C)O.FC1(F)c2cc3ccc4ccc[c-]c4c3nc2C(F)(F)C1(F)F.[Ir]. The van der Waals surface area contributed by atoms with E-state index in [2.05, 4.69) is 11.1 Å². The molecular weight excluding hydrogens is 604 g/mol. The van der Waals surface area contributed by atoms with Gasteiger partial charge in [-0.25, -0.2) is 0 Å². The first-order valence-corrected chi connectivity index (χ1v) is 8.57. The molecule has 1 aliphatic carbocycles. The summed E-state index contributed by atoms with van der Waals surface area (Å²) in [4.78, 5) is 13.5. The average molecular weight is 619 g/mol. The molecule has 3 aromatic rings. The molecule has 1 aliphatic rings. The van der Waals surface area contributed by atoms with Crippen LogP contribution in [0, 0.1) is 6.07 Å². The zero-order valence-corrected chi connectivity index (χ0v) is 18.3. The second-order valence-corrected chi connectivity index (χ2v) is 6.78. The molecule has 167 valence electrons. The second-order valence-electron chi connectivity index (χ2n) is 6.78. The second kappa shape index (κ2) is 8.24. The van der Waals surface area contributed by atoms with Crippen LogP contribution >= 0.6 is 0 Å². The summed E-state index contributed by atoms with van der Waals surface area (Å²) in [7, 11) is 0. The molecule has 10 heteroatoms. The van der Waals surface area contributed by atoms with E-state index >= 15 is 0 Å². The summed E-state index contributed by atoms with van der Waals surface area (Å²) in [6.45, 7) is 2.85. The van der Waals surface area contributed by atoms with E-state index in [0.29, 0.717) is 16.8 Å². The van der Waals surface area contributed by atoms with Gasteiger partial charge in [0.05, 0.1) is 11.3 Å². The Kier molecular flexibility index (Phi) is 6.59. The van der Waals surface area contributed by atoms with Crippen molar-refractivity contribution in [3.63, 3.8) is 0 Å². The number of benzene rings is 2. The molecule has 0 bridgehead atoms. The number of carbonyl (C=O) groups excluding carboxylic acids is 1. The first kappa shape index (κ1) is 24.8. The number of aliphatic hydroxyl groups excluding tert-OH is 1. The van der Waals surface area contributed by atoms with Crippen LogP contribution in [0.2, 0.25) is 0 Å². The Morgan fingerprint density at radius 2 is 1.65 bits per heavy atom. The number of rotatable bonds is 1. The molecule has 0 aliphatic heterocycles. The minimum Gasteiger partial charge on any atom is -0.512 e. The molecule has 3 nitrogen and oxygen atoms in total. The maximum absolute atomic E-state index is 13.8. The van der Waals surface area contributed by atoms with Crippen molar-refractivity contribution in [1.29, 1.82) is 0 Å². The van der Waals surface area contributed by atoms with Crippen LogP contribution in [0.1, 0.15) is 25.1 Å². The van der Waals surface area contributed by atoms with Crippen LogP contribution in [0.5, 0.6) is 0 Å². The first-order chi connectivity index (χ1) is 13.8. The molecule has 1 heterocycles. The Morgan fingerprint density at radius 1 is 1.03 bits per heavy atom. The predicted molar refractivity (Wildman–Crippen MR) is 97.9 cm³/mol. The summed E-state index contributed by atoms with van der Waals surface area (Å²) in [6, 6.07) is 11.2. The van der Waals surface area contributed by atoms with Crippen molar-refractivity contribution in [2.75, 3.05) is 0 Å². The third kappa shape index (κ3) is 3.94. The van der Waals surface area contributed by atoms with Gasteiger partial charge in [-0.2, -0.15) is 26.3 Å². The maximum Gasteiger partial charge on any atom is 0.382 e. The van der Waals surface area contributed by atoms with Crippen molar-refractivity contribution in [3.8, 4) is 0 Å². The average Bonchev–Trinajstić information content (AvgIpc) is 2.75. The standard InChI is InChI=1S/C16H6F6N.C5H8O2.Ir/c17-14(18)11-7-9-6-5-8-3-1-2-4-10(8)12(9)23-13(11)15(19,20)16(14,21)22;1-4(6)3-5(2)7;/h1-3,5-7H;3,6H,1-2H3;/q-1;;. The van der Waals surface area contributed by atoms with Gasteiger partial charge in [0.25, 0.3) is 0 Å². The van der Waals surface area contributed by atoms with Gasteiger partial charge < -0.3 is 5.11 Å². The van der Waals surface area contributed by atoms with E-state index in [1.165, 1.54) is 32.1 Å². The minimum absolute atomic E-state index is 0. The summed E-state index contributed by atoms with van der Waals surface area (Å²) >= 11 is 0. The maximum atomic E-state index is 13.8. The van der Waals surface area contributed by atoms with Crippen LogP contribution in [-0.4, -0.2) is 21.8 Å². The number of carbonyl (C=O) groups is 1. The first-order valence-electron chi connectivity index (χ1n) is 8.57. The fourth-order valence-corrected chi connectivity index (χ4v) is 3.12. The van der Waals surface area contributed by atoms with Crippen LogP contribution in [0.4, 0.5) is 26.3 Å². The molecule has 0 fully saturated rings. The topological polar surface area (TPSA) is 50.2 Å². The van der Waals surface area contributed by atoms with Crippen molar-refractivity contribution < 1.29 is 56.3 Å². The summed E-state index contributed by atoms with van der Waals surface area (Å²) in [6.07, 6.45) is 1.17. The van der Waals surface area contributed by atoms with E-state index in [1.807, 2.05) is 0 Å². The van der Waals surface area contributed by atoms with Crippen LogP contribution in [0.15, 0.2) is 48.2 Å². The fourth-order valence-electron chi connectivity index (χ4n) is 3.12. The molecule has 0 saturated heterocycles. The van der Waals surface area contributed by atoms with Crippen LogP contribution in [0.25, 0.3) is 21.7 Å². The Morgan fingerprint density at radius 3 is 2.19 bits per heavy atom. The van der Waals surface area contributed by atoms with Gasteiger partial charge in [-0.1, -0.05) is 18.2 Å². The minimum atomic E-state index is -5.52. The van der Waals surface area contributed by atoms with Gasteiger partial charge in [0.2, 0.25) is 0 Å². The molecule has 2 aromatic carbocycles. The fraction of sp³-hybridized carbons (Fsp3) is 0.238. The largest absolute Gasteiger partial charge is 0.512 e. The molecule has 1 aromatic heterocycles. The zero-order chi connectivity index (χ0) is 22.5. The van der Waals surface area contributed by atoms with E-state index in [9.17, 15) is 31.1 Å². The van der Waals surface area contributed by atoms with Crippen molar-refractivity contribution in [3.05, 3.63) is 65.6 Å². The van der Waals surface area contributed by atoms with Crippen LogP contribution in [0.3, 0.4) is 0 Å².